The van der Waals surface area contributed by atoms with Crippen molar-refractivity contribution in [3.8, 4) is 11.3 Å². The maximum absolute atomic E-state index is 12.2. The van der Waals surface area contributed by atoms with Crippen molar-refractivity contribution >= 4 is 34.9 Å². The van der Waals surface area contributed by atoms with E-state index in [1.807, 2.05) is 26.0 Å². The molecule has 10 heteroatoms. The molecule has 0 bridgehead atoms. The summed E-state index contributed by atoms with van der Waals surface area (Å²) in [6.45, 7) is 3.85. The largest absolute Gasteiger partial charge is 0.481 e. The van der Waals surface area contributed by atoms with Crippen molar-refractivity contribution in [1.29, 1.82) is 0 Å². The van der Waals surface area contributed by atoms with E-state index >= 15 is 0 Å². The number of aliphatic carboxylic acids is 4. The summed E-state index contributed by atoms with van der Waals surface area (Å²) in [5, 5.41) is 38.6. The van der Waals surface area contributed by atoms with Crippen LogP contribution in [-0.2, 0) is 24.6 Å². The lowest BCUT2D eigenvalue weighted by Crippen LogP contribution is -2.37. The zero-order valence-corrected chi connectivity index (χ0v) is 20.3. The lowest BCUT2D eigenvalue weighted by atomic mass is 9.67. The Kier molecular flexibility index (Phi) is 6.68. The molecule has 0 saturated heterocycles. The van der Waals surface area contributed by atoms with Gasteiger partial charge in [0.25, 0.3) is 0 Å². The molecule has 4 rings (SSSR count). The number of fused-ring (bicyclic) bond motifs is 4. The monoisotopic (exact) mass is 506 g/mol. The number of rotatable bonds is 10. The Bertz CT molecular complexity index is 1410. The molecular formula is C27H26N2O8. The van der Waals surface area contributed by atoms with Crippen LogP contribution in [0.3, 0.4) is 0 Å². The molecule has 3 aromatic rings. The summed E-state index contributed by atoms with van der Waals surface area (Å²) in [7, 11) is 0. The van der Waals surface area contributed by atoms with Crippen LogP contribution in [0.25, 0.3) is 22.3 Å². The summed E-state index contributed by atoms with van der Waals surface area (Å²) in [5.74, 6) is -8.09. The number of aryl methyl sites for hydroxylation is 2. The first kappa shape index (κ1) is 25.7. The quantitative estimate of drug-likeness (QED) is 0.318. The van der Waals surface area contributed by atoms with Gasteiger partial charge < -0.3 is 20.4 Å². The molecule has 0 saturated carbocycles. The first-order valence-electron chi connectivity index (χ1n) is 11.7. The number of carboxylic acid groups (broad SMARTS) is 4. The lowest BCUT2D eigenvalue weighted by molar-refractivity contribution is -0.150. The predicted octanol–water partition coefficient (Wildman–Crippen LogP) is 3.64. The second-order valence-corrected chi connectivity index (χ2v) is 9.65. The first-order chi connectivity index (χ1) is 17.4. The third-order valence-corrected chi connectivity index (χ3v) is 7.16. The van der Waals surface area contributed by atoms with E-state index in [-0.39, 0.29) is 12.8 Å². The smallest absolute Gasteiger partial charge is 0.307 e. The number of aromatic nitrogens is 2. The van der Waals surface area contributed by atoms with Gasteiger partial charge >= 0.3 is 23.9 Å². The van der Waals surface area contributed by atoms with Gasteiger partial charge in [0.05, 0.1) is 47.1 Å². The fraction of sp³-hybridized carbons (Fsp3) is 0.333. The van der Waals surface area contributed by atoms with Gasteiger partial charge in [-0.3, -0.25) is 19.2 Å². The predicted molar refractivity (Wildman–Crippen MR) is 131 cm³/mol. The number of hydrogen-bond donors (Lipinski definition) is 4. The molecule has 1 aromatic heterocycles. The summed E-state index contributed by atoms with van der Waals surface area (Å²) in [6, 6.07) is 10.7. The van der Waals surface area contributed by atoms with Crippen LogP contribution in [0.5, 0.6) is 0 Å². The fourth-order valence-corrected chi connectivity index (χ4v) is 5.32. The first-order valence-corrected chi connectivity index (χ1v) is 11.7. The van der Waals surface area contributed by atoms with E-state index in [0.717, 1.165) is 11.1 Å². The van der Waals surface area contributed by atoms with Crippen molar-refractivity contribution in [3.63, 3.8) is 0 Å². The molecule has 1 aliphatic carbocycles. The zero-order valence-electron chi connectivity index (χ0n) is 20.3. The van der Waals surface area contributed by atoms with Crippen molar-refractivity contribution < 1.29 is 39.6 Å². The van der Waals surface area contributed by atoms with Gasteiger partial charge in [0.2, 0.25) is 0 Å². The highest BCUT2D eigenvalue weighted by Gasteiger charge is 2.50. The summed E-state index contributed by atoms with van der Waals surface area (Å²) in [5.41, 5.74) is 3.66. The van der Waals surface area contributed by atoms with Crippen LogP contribution < -0.4 is 0 Å². The van der Waals surface area contributed by atoms with E-state index in [4.69, 9.17) is 9.97 Å². The Hall–Kier alpha value is -4.34. The summed E-state index contributed by atoms with van der Waals surface area (Å²) < 4.78 is 0. The van der Waals surface area contributed by atoms with Crippen LogP contribution in [-0.4, -0.2) is 54.3 Å². The van der Waals surface area contributed by atoms with Crippen LogP contribution >= 0.6 is 0 Å². The Morgan fingerprint density at radius 2 is 1.27 bits per heavy atom. The normalized spacial score (nSPS) is 17.6. The van der Waals surface area contributed by atoms with Gasteiger partial charge in [-0.2, -0.15) is 0 Å². The third kappa shape index (κ3) is 4.74. The van der Waals surface area contributed by atoms with E-state index < -0.39 is 54.0 Å². The zero-order chi connectivity index (χ0) is 27.1. The highest BCUT2D eigenvalue weighted by molar-refractivity contribution is 5.86. The minimum Gasteiger partial charge on any atom is -0.481 e. The molecule has 1 aliphatic rings. The van der Waals surface area contributed by atoms with E-state index in [2.05, 4.69) is 0 Å². The molecule has 1 heterocycles. The lowest BCUT2D eigenvalue weighted by Gasteiger charge is -2.35. The Labute approximate surface area is 211 Å². The number of carbonyl (C=O) groups is 4. The van der Waals surface area contributed by atoms with Crippen LogP contribution in [0.2, 0.25) is 0 Å². The highest BCUT2D eigenvalue weighted by Crippen LogP contribution is 2.54. The van der Waals surface area contributed by atoms with E-state index in [1.54, 1.807) is 24.3 Å². The van der Waals surface area contributed by atoms with Gasteiger partial charge in [0, 0.05) is 11.0 Å². The van der Waals surface area contributed by atoms with Crippen LogP contribution in [0.15, 0.2) is 36.4 Å². The summed E-state index contributed by atoms with van der Waals surface area (Å²) in [6.07, 6.45) is -1.95. The van der Waals surface area contributed by atoms with Crippen LogP contribution in [0.1, 0.15) is 48.1 Å². The molecule has 0 spiro atoms. The molecule has 2 atom stereocenters. The topological polar surface area (TPSA) is 175 Å². The van der Waals surface area contributed by atoms with Crippen molar-refractivity contribution in [2.45, 2.75) is 44.9 Å². The van der Waals surface area contributed by atoms with Crippen molar-refractivity contribution in [2.75, 3.05) is 0 Å². The highest BCUT2D eigenvalue weighted by atomic mass is 16.4. The molecule has 10 nitrogen and oxygen atoms in total. The summed E-state index contributed by atoms with van der Waals surface area (Å²) >= 11 is 0. The minimum absolute atomic E-state index is 0.285. The molecule has 4 N–H and O–H groups in total. The van der Waals surface area contributed by atoms with E-state index in [1.165, 1.54) is 0 Å². The number of benzene rings is 2. The van der Waals surface area contributed by atoms with Gasteiger partial charge in [0.15, 0.2) is 0 Å². The standard InChI is InChI=1S/C27H26N2O8/c1-13-7-19-20(8-14(13)2)29-24-23(28-19)17-5-3-4-6-18(17)27(24,11-15(25(34)35)9-21(30)31)12-16(26(36)37)10-22(32)33/h3-8,15-16H,9-12H2,1-2H3,(H,30,31)(H,32,33)(H,34,35)(H,36,37). The molecule has 192 valence electrons. The fourth-order valence-electron chi connectivity index (χ4n) is 5.32. The Morgan fingerprint density at radius 1 is 0.784 bits per heavy atom. The molecule has 2 aromatic carbocycles. The molecule has 0 amide bonds. The maximum atomic E-state index is 12.2. The average Bonchev–Trinajstić information content (AvgIpc) is 3.06. The van der Waals surface area contributed by atoms with Crippen molar-refractivity contribution in [3.05, 3.63) is 58.8 Å². The number of carboxylic acids is 4. The Balaban J connectivity index is 2.03. The SMILES string of the molecule is Cc1cc2nc3c(nc2cc1C)C(CC(CC(=O)O)C(=O)O)(CC(CC(=O)O)C(=O)O)c1ccccc1-3. The average molecular weight is 507 g/mol. The van der Waals surface area contributed by atoms with E-state index in [9.17, 15) is 39.6 Å². The molecule has 0 aliphatic heterocycles. The molecule has 0 radical (unpaired) electrons. The van der Waals surface area contributed by atoms with Crippen molar-refractivity contribution in [2.24, 2.45) is 11.8 Å². The maximum Gasteiger partial charge on any atom is 0.307 e. The van der Waals surface area contributed by atoms with Gasteiger partial charge in [-0.1, -0.05) is 24.3 Å². The number of nitrogens with zero attached hydrogens (tertiary/aromatic N) is 2. The van der Waals surface area contributed by atoms with Gasteiger partial charge in [-0.05, 0) is 55.5 Å². The molecular weight excluding hydrogens is 480 g/mol. The Morgan fingerprint density at radius 3 is 1.76 bits per heavy atom. The van der Waals surface area contributed by atoms with Gasteiger partial charge in [-0.15, -0.1) is 0 Å². The molecule has 0 fully saturated rings. The van der Waals surface area contributed by atoms with E-state index in [0.29, 0.717) is 33.5 Å². The number of hydrogen-bond acceptors (Lipinski definition) is 6. The third-order valence-electron chi connectivity index (χ3n) is 7.16. The van der Waals surface area contributed by atoms with Crippen LogP contribution in [0.4, 0.5) is 0 Å². The van der Waals surface area contributed by atoms with Crippen LogP contribution in [0, 0.1) is 25.7 Å². The second kappa shape index (κ2) is 9.61. The van der Waals surface area contributed by atoms with Crippen molar-refractivity contribution in [1.82, 2.24) is 9.97 Å². The van der Waals surface area contributed by atoms with Gasteiger partial charge in [0.1, 0.15) is 0 Å². The van der Waals surface area contributed by atoms with Gasteiger partial charge in [-0.25, -0.2) is 9.97 Å². The second-order valence-electron chi connectivity index (χ2n) is 9.65. The molecule has 2 unspecified atom stereocenters. The molecule has 37 heavy (non-hydrogen) atoms. The minimum atomic E-state index is -1.39. The summed E-state index contributed by atoms with van der Waals surface area (Å²) in [4.78, 5) is 57.1.